The van der Waals surface area contributed by atoms with E-state index in [9.17, 15) is 4.79 Å². The van der Waals surface area contributed by atoms with Crippen LogP contribution in [0, 0.1) is 6.92 Å². The molecule has 1 N–H and O–H groups in total. The van der Waals surface area contributed by atoms with Crippen molar-refractivity contribution < 1.29 is 23.1 Å². The summed E-state index contributed by atoms with van der Waals surface area (Å²) in [6.45, 7) is 5.13. The minimum absolute atomic E-state index is 0.0668. The van der Waals surface area contributed by atoms with Gasteiger partial charge in [0, 0.05) is 19.6 Å². The normalized spacial score (nSPS) is 15.4. The number of amides is 1. The Bertz CT molecular complexity index is 979. The van der Waals surface area contributed by atoms with E-state index < -0.39 is 7.04 Å². The van der Waals surface area contributed by atoms with Gasteiger partial charge in [-0.3, -0.25) is 9.69 Å². The van der Waals surface area contributed by atoms with Crippen LogP contribution in [0.15, 0.2) is 30.3 Å². The summed E-state index contributed by atoms with van der Waals surface area (Å²) in [5, 5.41) is 2.88. The zero-order valence-electron chi connectivity index (χ0n) is 20.9. The third kappa shape index (κ3) is 5.25. The van der Waals surface area contributed by atoms with Gasteiger partial charge in [0.1, 0.15) is 5.75 Å². The standard InChI is InChI=1S/C24H32N2O4/c1-17-7-8-21(28-2)20(13-17)24(27)25-10-5-6-11-26-12-9-18-14-22(29-3)23(30-4)15-19(18)16-26/h7-8,13-15H,5-6,9-12,16H2,1-4H3,(H,25,27)/i2T3. The number of rotatable bonds is 9. The van der Waals surface area contributed by atoms with Gasteiger partial charge in [-0.05, 0) is 68.1 Å². The predicted molar refractivity (Wildman–Crippen MR) is 118 cm³/mol. The predicted octanol–water partition coefficient (Wildman–Crippen LogP) is 3.59. The maximum atomic E-state index is 12.6. The quantitative estimate of drug-likeness (QED) is 0.631. The topological polar surface area (TPSA) is 60.0 Å². The Balaban J connectivity index is 1.47. The van der Waals surface area contributed by atoms with Crippen molar-refractivity contribution in [3.63, 3.8) is 0 Å². The fraction of sp³-hybridized carbons (Fsp3) is 0.458. The molecule has 2 aromatic rings. The second kappa shape index (κ2) is 10.3. The molecule has 1 heterocycles. The molecular weight excluding hydrogens is 380 g/mol. The molecule has 0 atom stereocenters. The van der Waals surface area contributed by atoms with E-state index >= 15 is 0 Å². The van der Waals surface area contributed by atoms with Gasteiger partial charge < -0.3 is 19.5 Å². The molecule has 6 heteroatoms. The number of methoxy groups -OCH3 is 3. The molecule has 6 nitrogen and oxygen atoms in total. The molecule has 162 valence electrons. The van der Waals surface area contributed by atoms with Crippen molar-refractivity contribution in [3.05, 3.63) is 52.6 Å². The van der Waals surface area contributed by atoms with Crippen molar-refractivity contribution in [3.8, 4) is 17.2 Å². The van der Waals surface area contributed by atoms with Gasteiger partial charge in [0.2, 0.25) is 0 Å². The minimum atomic E-state index is -2.60. The number of nitrogens with one attached hydrogen (secondary N) is 1. The van der Waals surface area contributed by atoms with Gasteiger partial charge in [0.25, 0.3) is 5.91 Å². The fourth-order valence-electron chi connectivity index (χ4n) is 3.80. The Morgan fingerprint density at radius 2 is 1.83 bits per heavy atom. The molecule has 0 saturated carbocycles. The highest BCUT2D eigenvalue weighted by atomic mass is 16.5. The Morgan fingerprint density at radius 3 is 2.57 bits per heavy atom. The van der Waals surface area contributed by atoms with Gasteiger partial charge in [-0.1, -0.05) is 11.6 Å². The Morgan fingerprint density at radius 1 is 1.07 bits per heavy atom. The summed E-state index contributed by atoms with van der Waals surface area (Å²) in [7, 11) is 0.693. The van der Waals surface area contributed by atoms with E-state index in [4.69, 9.17) is 18.3 Å². The third-order valence-corrected chi connectivity index (χ3v) is 5.47. The summed E-state index contributed by atoms with van der Waals surface area (Å²) in [5.41, 5.74) is 3.65. The molecule has 2 aromatic carbocycles. The van der Waals surface area contributed by atoms with Crippen LogP contribution >= 0.6 is 0 Å². The van der Waals surface area contributed by atoms with Crippen LogP contribution in [0.25, 0.3) is 0 Å². The number of benzene rings is 2. The second-order valence-corrected chi connectivity index (χ2v) is 7.57. The zero-order chi connectivity index (χ0) is 24.0. The first kappa shape index (κ1) is 18.1. The van der Waals surface area contributed by atoms with Gasteiger partial charge >= 0.3 is 0 Å². The van der Waals surface area contributed by atoms with E-state index in [0.29, 0.717) is 6.54 Å². The van der Waals surface area contributed by atoms with Crippen LogP contribution in [-0.4, -0.2) is 51.7 Å². The molecule has 1 aliphatic heterocycles. The first-order valence-corrected chi connectivity index (χ1v) is 10.2. The third-order valence-electron chi connectivity index (χ3n) is 5.47. The fourth-order valence-corrected chi connectivity index (χ4v) is 3.80. The average Bonchev–Trinajstić information content (AvgIpc) is 2.77. The molecule has 0 unspecified atom stereocenters. The average molecular weight is 419 g/mol. The Labute approximate surface area is 183 Å². The maximum absolute atomic E-state index is 12.6. The molecule has 0 bridgehead atoms. The van der Waals surface area contributed by atoms with Gasteiger partial charge in [0.15, 0.2) is 11.5 Å². The molecule has 30 heavy (non-hydrogen) atoms. The van der Waals surface area contributed by atoms with Crippen LogP contribution in [0.1, 0.15) is 44.0 Å². The monoisotopic (exact) mass is 418 g/mol. The molecule has 3 rings (SSSR count). The summed E-state index contributed by atoms with van der Waals surface area (Å²) in [4.78, 5) is 15.0. The van der Waals surface area contributed by atoms with E-state index in [1.807, 2.05) is 6.92 Å². The van der Waals surface area contributed by atoms with Crippen molar-refractivity contribution >= 4 is 5.91 Å². The van der Waals surface area contributed by atoms with Crippen molar-refractivity contribution in [2.45, 2.75) is 32.7 Å². The first-order chi connectivity index (χ1) is 15.7. The number of ether oxygens (including phenoxy) is 3. The number of hydrogen-bond donors (Lipinski definition) is 1. The van der Waals surface area contributed by atoms with E-state index in [0.717, 1.165) is 56.0 Å². The summed E-state index contributed by atoms with van der Waals surface area (Å²) >= 11 is 0. The molecular formula is C24H32N2O4. The van der Waals surface area contributed by atoms with E-state index in [1.54, 1.807) is 26.4 Å². The summed E-state index contributed by atoms with van der Waals surface area (Å²) < 4.78 is 37.7. The Kier molecular flexibility index (Phi) is 6.23. The van der Waals surface area contributed by atoms with Gasteiger partial charge in [-0.2, -0.15) is 0 Å². The summed E-state index contributed by atoms with van der Waals surface area (Å²) in [5.74, 6) is 1.25. The van der Waals surface area contributed by atoms with Crippen LogP contribution < -0.4 is 19.5 Å². The second-order valence-electron chi connectivity index (χ2n) is 7.57. The number of aryl methyl sites for hydroxylation is 1. The van der Waals surface area contributed by atoms with Crippen LogP contribution in [0.3, 0.4) is 0 Å². The molecule has 0 aromatic heterocycles. The first-order valence-electron chi connectivity index (χ1n) is 11.7. The Hall–Kier alpha value is -2.73. The number of nitrogens with zero attached hydrogens (tertiary/aromatic N) is 1. The number of carbonyl (C=O) groups is 1. The lowest BCUT2D eigenvalue weighted by Gasteiger charge is -2.29. The summed E-state index contributed by atoms with van der Waals surface area (Å²) in [6.07, 6.45) is 2.73. The van der Waals surface area contributed by atoms with E-state index in [-0.39, 0.29) is 17.2 Å². The van der Waals surface area contributed by atoms with Gasteiger partial charge in [-0.25, -0.2) is 0 Å². The van der Waals surface area contributed by atoms with Crippen LogP contribution in [0.4, 0.5) is 0 Å². The number of carbonyl (C=O) groups excluding carboxylic acids is 1. The minimum Gasteiger partial charge on any atom is -0.496 e. The SMILES string of the molecule is [3H]C([3H])([3H])Oc1ccc(C)cc1C(=O)NCCCCN1CCc2cc(OC)c(OC)cc2C1. The van der Waals surface area contributed by atoms with E-state index in [2.05, 4.69) is 22.3 Å². The lowest BCUT2D eigenvalue weighted by atomic mass is 9.98. The molecule has 0 spiro atoms. The largest absolute Gasteiger partial charge is 0.496 e. The molecule has 0 aliphatic carbocycles. The van der Waals surface area contributed by atoms with Crippen molar-refractivity contribution in [2.24, 2.45) is 0 Å². The van der Waals surface area contributed by atoms with Crippen molar-refractivity contribution in [1.82, 2.24) is 10.2 Å². The number of unbranched alkanes of at least 4 members (excludes halogenated alkanes) is 1. The van der Waals surface area contributed by atoms with Crippen LogP contribution in [-0.2, 0) is 13.0 Å². The van der Waals surface area contributed by atoms with Gasteiger partial charge in [0.05, 0.1) is 30.9 Å². The lowest BCUT2D eigenvalue weighted by molar-refractivity contribution is 0.0949. The zero-order valence-corrected chi connectivity index (χ0v) is 17.9. The lowest BCUT2D eigenvalue weighted by Crippen LogP contribution is -2.32. The molecule has 1 aliphatic rings. The molecule has 0 fully saturated rings. The highest BCUT2D eigenvalue weighted by Gasteiger charge is 2.19. The van der Waals surface area contributed by atoms with Gasteiger partial charge in [-0.15, -0.1) is 0 Å². The number of hydrogen-bond acceptors (Lipinski definition) is 5. The molecule has 0 radical (unpaired) electrons. The van der Waals surface area contributed by atoms with E-state index in [1.165, 1.54) is 17.2 Å². The number of fused-ring (bicyclic) bond motifs is 1. The smallest absolute Gasteiger partial charge is 0.255 e. The van der Waals surface area contributed by atoms with Crippen molar-refractivity contribution in [1.29, 1.82) is 0 Å². The highest BCUT2D eigenvalue weighted by molar-refractivity contribution is 5.97. The highest BCUT2D eigenvalue weighted by Crippen LogP contribution is 2.33. The molecule has 0 saturated heterocycles. The van der Waals surface area contributed by atoms with Crippen LogP contribution in [0.2, 0.25) is 0 Å². The summed E-state index contributed by atoms with van der Waals surface area (Å²) in [6, 6.07) is 9.01. The van der Waals surface area contributed by atoms with Crippen LogP contribution in [0.5, 0.6) is 17.2 Å². The van der Waals surface area contributed by atoms with Crippen molar-refractivity contribution in [2.75, 3.05) is 40.9 Å². The maximum Gasteiger partial charge on any atom is 0.255 e. The molecule has 1 amide bonds.